The minimum atomic E-state index is -0.422. The summed E-state index contributed by atoms with van der Waals surface area (Å²) in [7, 11) is 0. The van der Waals surface area contributed by atoms with E-state index in [2.05, 4.69) is 10.6 Å². The van der Waals surface area contributed by atoms with Crippen LogP contribution >= 0.6 is 0 Å². The van der Waals surface area contributed by atoms with Crippen molar-refractivity contribution in [1.29, 1.82) is 0 Å². The molecule has 0 radical (unpaired) electrons. The van der Waals surface area contributed by atoms with Gasteiger partial charge in [0.15, 0.2) is 0 Å². The summed E-state index contributed by atoms with van der Waals surface area (Å²) in [6, 6.07) is 0. The summed E-state index contributed by atoms with van der Waals surface area (Å²) in [4.78, 5) is 0. The Hall–Kier alpha value is -0.610. The number of nitrogens with two attached hydrogens (primary N) is 1. The van der Waals surface area contributed by atoms with Gasteiger partial charge in [-0.2, -0.15) is 0 Å². The van der Waals surface area contributed by atoms with E-state index >= 15 is 0 Å². The van der Waals surface area contributed by atoms with E-state index in [1.54, 1.807) is 13.8 Å². The number of nitrogens with one attached hydrogen (secondary N) is 1. The van der Waals surface area contributed by atoms with Crippen LogP contribution in [-0.4, -0.2) is 17.0 Å². The van der Waals surface area contributed by atoms with Gasteiger partial charge in [-0.1, -0.05) is 0 Å². The van der Waals surface area contributed by atoms with Gasteiger partial charge in [-0.3, -0.25) is 5.84 Å². The predicted molar refractivity (Wildman–Crippen MR) is 31.7 cm³/mol. The molecular weight excluding hydrogens is 106 g/mol. The summed E-state index contributed by atoms with van der Waals surface area (Å²) in [5, 5.41) is 10.8. The van der Waals surface area contributed by atoms with Gasteiger partial charge >= 0.3 is 0 Å². The van der Waals surface area contributed by atoms with Crippen LogP contribution in [0.2, 0.25) is 0 Å². The Labute approximate surface area is 48.3 Å². The first-order valence-corrected chi connectivity index (χ1v) is 2.29. The van der Waals surface area contributed by atoms with Crippen LogP contribution in [-0.2, 0) is 0 Å². The number of oxime groups is 1. The summed E-state index contributed by atoms with van der Waals surface area (Å²) in [6.07, 6.45) is 1.31. The average Bonchev–Trinajstić information content (AvgIpc) is 1.67. The monoisotopic (exact) mass is 117 g/mol. The molecule has 0 aliphatic carbocycles. The maximum Gasteiger partial charge on any atom is 0.0648 e. The normalized spacial score (nSPS) is 12.9. The standard InChI is InChI=1S/C4H11N3O/c1-4(2,7-5)3-6-8/h3,7-8H,5H2,1-2H3/b6-3+. The first-order valence-electron chi connectivity index (χ1n) is 2.29. The first-order chi connectivity index (χ1) is 3.62. The van der Waals surface area contributed by atoms with Crippen LogP contribution in [0.5, 0.6) is 0 Å². The van der Waals surface area contributed by atoms with Crippen LogP contribution in [0, 0.1) is 0 Å². The Morgan fingerprint density at radius 3 is 2.38 bits per heavy atom. The SMILES string of the molecule is CC(C)(/C=N/O)NN. The van der Waals surface area contributed by atoms with Crippen LogP contribution in [0.3, 0.4) is 0 Å². The van der Waals surface area contributed by atoms with E-state index in [-0.39, 0.29) is 0 Å². The lowest BCUT2D eigenvalue weighted by molar-refractivity contribution is 0.315. The topological polar surface area (TPSA) is 70.6 Å². The molecule has 0 amide bonds. The maximum atomic E-state index is 8.01. The number of hydrogen-bond donors (Lipinski definition) is 3. The van der Waals surface area contributed by atoms with Crippen molar-refractivity contribution in [3.05, 3.63) is 0 Å². The lowest BCUT2D eigenvalue weighted by Gasteiger charge is -2.15. The fourth-order valence-corrected chi connectivity index (χ4v) is 0.182. The molecule has 0 spiro atoms. The largest absolute Gasteiger partial charge is 0.411 e. The van der Waals surface area contributed by atoms with Gasteiger partial charge in [0, 0.05) is 0 Å². The fraction of sp³-hybridized carbons (Fsp3) is 0.750. The van der Waals surface area contributed by atoms with E-state index in [0.717, 1.165) is 0 Å². The van der Waals surface area contributed by atoms with E-state index in [0.29, 0.717) is 0 Å². The highest BCUT2D eigenvalue weighted by molar-refractivity contribution is 5.67. The van der Waals surface area contributed by atoms with Gasteiger partial charge in [-0.05, 0) is 13.8 Å². The van der Waals surface area contributed by atoms with Crippen molar-refractivity contribution >= 4 is 6.21 Å². The van der Waals surface area contributed by atoms with Crippen LogP contribution < -0.4 is 11.3 Å². The van der Waals surface area contributed by atoms with Crippen LogP contribution in [0.25, 0.3) is 0 Å². The third-order valence-electron chi connectivity index (χ3n) is 0.752. The molecule has 4 heteroatoms. The van der Waals surface area contributed by atoms with Gasteiger partial charge in [-0.25, -0.2) is 5.43 Å². The minimum absolute atomic E-state index is 0.422. The molecule has 0 heterocycles. The molecule has 4 nitrogen and oxygen atoms in total. The number of nitrogens with zero attached hydrogens (tertiary/aromatic N) is 1. The van der Waals surface area contributed by atoms with Gasteiger partial charge in [0.2, 0.25) is 0 Å². The molecule has 0 rings (SSSR count). The van der Waals surface area contributed by atoms with Crippen LogP contribution in [0.4, 0.5) is 0 Å². The lowest BCUT2D eigenvalue weighted by atomic mass is 10.1. The quantitative estimate of drug-likeness (QED) is 0.201. The Kier molecular flexibility index (Phi) is 2.44. The van der Waals surface area contributed by atoms with E-state index in [1.165, 1.54) is 6.21 Å². The van der Waals surface area contributed by atoms with Crippen molar-refractivity contribution in [1.82, 2.24) is 5.43 Å². The molecule has 48 valence electrons. The van der Waals surface area contributed by atoms with Gasteiger partial charge in [0.1, 0.15) is 0 Å². The van der Waals surface area contributed by atoms with Crippen LogP contribution in [0.15, 0.2) is 5.16 Å². The Morgan fingerprint density at radius 1 is 1.75 bits per heavy atom. The predicted octanol–water partition coefficient (Wildman–Crippen LogP) is -0.312. The Morgan fingerprint density at radius 2 is 2.25 bits per heavy atom. The average molecular weight is 117 g/mol. The molecule has 0 unspecified atom stereocenters. The third-order valence-corrected chi connectivity index (χ3v) is 0.752. The highest BCUT2D eigenvalue weighted by atomic mass is 16.4. The Balaban J connectivity index is 3.71. The molecular formula is C4H11N3O. The summed E-state index contributed by atoms with van der Waals surface area (Å²) in [5.41, 5.74) is 2.01. The smallest absolute Gasteiger partial charge is 0.0648 e. The molecule has 0 saturated carbocycles. The van der Waals surface area contributed by atoms with Gasteiger partial charge in [0.05, 0.1) is 11.8 Å². The minimum Gasteiger partial charge on any atom is -0.411 e. The molecule has 8 heavy (non-hydrogen) atoms. The van der Waals surface area contributed by atoms with Crippen molar-refractivity contribution in [2.75, 3.05) is 0 Å². The van der Waals surface area contributed by atoms with Crippen molar-refractivity contribution in [2.45, 2.75) is 19.4 Å². The van der Waals surface area contributed by atoms with Crippen molar-refractivity contribution in [3.8, 4) is 0 Å². The second kappa shape index (κ2) is 2.64. The maximum absolute atomic E-state index is 8.01. The summed E-state index contributed by atoms with van der Waals surface area (Å²) >= 11 is 0. The fourth-order valence-electron chi connectivity index (χ4n) is 0.182. The molecule has 0 aliphatic rings. The van der Waals surface area contributed by atoms with Crippen LogP contribution in [0.1, 0.15) is 13.8 Å². The molecule has 0 bridgehead atoms. The zero-order valence-electron chi connectivity index (χ0n) is 5.05. The second-order valence-corrected chi connectivity index (χ2v) is 2.11. The third kappa shape index (κ3) is 2.54. The summed E-state index contributed by atoms with van der Waals surface area (Å²) in [5.74, 6) is 5.04. The zero-order chi connectivity index (χ0) is 6.62. The molecule has 0 fully saturated rings. The van der Waals surface area contributed by atoms with Crippen molar-refractivity contribution < 1.29 is 5.21 Å². The molecule has 0 aromatic heterocycles. The van der Waals surface area contributed by atoms with E-state index in [9.17, 15) is 0 Å². The molecule has 0 aromatic carbocycles. The first kappa shape index (κ1) is 7.39. The number of hydrogen-bond acceptors (Lipinski definition) is 4. The number of hydrazine groups is 1. The van der Waals surface area contributed by atoms with Gasteiger partial charge < -0.3 is 5.21 Å². The molecule has 4 N–H and O–H groups in total. The second-order valence-electron chi connectivity index (χ2n) is 2.11. The zero-order valence-corrected chi connectivity index (χ0v) is 5.05. The van der Waals surface area contributed by atoms with Gasteiger partial charge in [-0.15, -0.1) is 5.16 Å². The molecule has 0 aliphatic heterocycles. The summed E-state index contributed by atoms with van der Waals surface area (Å²) in [6.45, 7) is 3.57. The molecule has 0 saturated heterocycles. The van der Waals surface area contributed by atoms with E-state index in [1.807, 2.05) is 0 Å². The highest BCUT2D eigenvalue weighted by Crippen LogP contribution is 1.92. The summed E-state index contributed by atoms with van der Waals surface area (Å²) < 4.78 is 0. The number of rotatable bonds is 2. The lowest BCUT2D eigenvalue weighted by Crippen LogP contribution is -2.45. The Bertz CT molecular complexity index is 89.3. The van der Waals surface area contributed by atoms with E-state index < -0.39 is 5.54 Å². The highest BCUT2D eigenvalue weighted by Gasteiger charge is 2.10. The van der Waals surface area contributed by atoms with E-state index in [4.69, 9.17) is 11.0 Å². The van der Waals surface area contributed by atoms with Crippen molar-refractivity contribution in [2.24, 2.45) is 11.0 Å². The van der Waals surface area contributed by atoms with Gasteiger partial charge in [0.25, 0.3) is 0 Å². The molecule has 0 aromatic rings. The van der Waals surface area contributed by atoms with Crippen molar-refractivity contribution in [3.63, 3.8) is 0 Å². The molecule has 0 atom stereocenters.